The van der Waals surface area contributed by atoms with E-state index in [1.807, 2.05) is 0 Å². The van der Waals surface area contributed by atoms with Crippen LogP contribution in [0.1, 0.15) is 80.6 Å². The Morgan fingerprint density at radius 2 is 0.396 bits per heavy atom. The molecule has 16 rings (SSSR count). The topological polar surface area (TPSA) is 6.48 Å². The zero-order chi connectivity index (χ0) is 76.6. The molecule has 111 heavy (non-hydrogen) atoms. The van der Waals surface area contributed by atoms with Crippen molar-refractivity contribution in [3.63, 3.8) is 0 Å². The van der Waals surface area contributed by atoms with Gasteiger partial charge in [0.15, 0.2) is 0 Å². The van der Waals surface area contributed by atoms with Crippen molar-refractivity contribution in [1.29, 1.82) is 0 Å². The van der Waals surface area contributed by atoms with Crippen LogP contribution < -0.4 is 9.80 Å². The molecule has 0 N–H and O–H groups in total. The van der Waals surface area contributed by atoms with Crippen LogP contribution in [0.2, 0.25) is 0 Å². The lowest BCUT2D eigenvalue weighted by atomic mass is 9.77. The Bertz CT molecular complexity index is 5930. The lowest BCUT2D eigenvalue weighted by molar-refractivity contribution is 0.641. The molecule has 540 valence electrons. The lowest BCUT2D eigenvalue weighted by Gasteiger charge is -2.28. The number of rotatable bonds is 18. The Labute approximate surface area is 658 Å². The normalized spacial score (nSPS) is 11.4. The van der Waals surface area contributed by atoms with E-state index in [1.165, 1.54) is 161 Å². The van der Waals surface area contributed by atoms with Gasteiger partial charge in [-0.3, -0.25) is 0 Å². The van der Waals surface area contributed by atoms with Gasteiger partial charge in [0, 0.05) is 39.5 Å². The van der Waals surface area contributed by atoms with Crippen molar-refractivity contribution < 1.29 is 0 Å². The summed E-state index contributed by atoms with van der Waals surface area (Å²) in [7, 11) is 0. The van der Waals surface area contributed by atoms with E-state index in [2.05, 4.69) is 445 Å². The smallest absolute Gasteiger partial charge is 0.0467 e. The minimum atomic E-state index is -0.271. The molecule has 0 saturated carbocycles. The van der Waals surface area contributed by atoms with Crippen molar-refractivity contribution in [2.24, 2.45) is 0 Å². The van der Waals surface area contributed by atoms with Crippen LogP contribution in [0.5, 0.6) is 0 Å². The Morgan fingerprint density at radius 3 is 0.667 bits per heavy atom. The molecule has 0 spiro atoms. The monoisotopic (exact) mass is 1430 g/mol. The first-order valence-corrected chi connectivity index (χ1v) is 39.0. The predicted octanol–water partition coefficient (Wildman–Crippen LogP) is 30.7. The third-order valence-corrected chi connectivity index (χ3v) is 22.2. The van der Waals surface area contributed by atoms with Crippen LogP contribution in [0.15, 0.2) is 352 Å². The molecule has 0 unspecified atom stereocenters. The van der Waals surface area contributed by atoms with Gasteiger partial charge < -0.3 is 9.80 Å². The second-order valence-electron chi connectivity index (χ2n) is 31.4. The first-order valence-electron chi connectivity index (χ1n) is 39.0. The van der Waals surface area contributed by atoms with Crippen molar-refractivity contribution in [3.05, 3.63) is 419 Å². The van der Waals surface area contributed by atoms with E-state index >= 15 is 0 Å². The van der Waals surface area contributed by atoms with Crippen molar-refractivity contribution in [1.82, 2.24) is 0 Å². The molecule has 2 nitrogen and oxygen atoms in total. The summed E-state index contributed by atoms with van der Waals surface area (Å²) in [6, 6.07) is 132. The number of nitrogens with zero attached hydrogens (tertiary/aromatic N) is 2. The Kier molecular flexibility index (Phi) is 20.0. The Morgan fingerprint density at radius 1 is 0.153 bits per heavy atom. The van der Waals surface area contributed by atoms with Gasteiger partial charge in [-0.15, -0.1) is 0 Å². The summed E-state index contributed by atoms with van der Waals surface area (Å²) in [6.45, 7) is 26.6. The second-order valence-corrected chi connectivity index (χ2v) is 31.4. The molecular formula is C109H94N2. The van der Waals surface area contributed by atoms with Gasteiger partial charge in [0.2, 0.25) is 0 Å². The first kappa shape index (κ1) is 72.3. The lowest BCUT2D eigenvalue weighted by Crippen LogP contribution is -2.18. The van der Waals surface area contributed by atoms with Crippen LogP contribution in [0, 0.1) is 69.2 Å². The van der Waals surface area contributed by atoms with E-state index in [0.717, 1.165) is 50.8 Å². The van der Waals surface area contributed by atoms with Crippen LogP contribution in [-0.2, 0) is 5.41 Å². The molecule has 0 heterocycles. The maximum atomic E-state index is 2.43. The molecule has 0 fully saturated rings. The van der Waals surface area contributed by atoms with Crippen molar-refractivity contribution in [3.8, 4) is 111 Å². The highest BCUT2D eigenvalue weighted by atomic mass is 15.1. The summed E-state index contributed by atoms with van der Waals surface area (Å²) >= 11 is 0. The fraction of sp³-hybridized carbons (Fsp3) is 0.119. The second kappa shape index (κ2) is 30.6. The number of hydrogen-bond acceptors (Lipinski definition) is 2. The van der Waals surface area contributed by atoms with Crippen LogP contribution >= 0.6 is 0 Å². The molecule has 0 atom stereocenters. The van der Waals surface area contributed by atoms with Gasteiger partial charge in [0.1, 0.15) is 0 Å². The molecule has 0 radical (unpaired) electrons. The number of benzene rings is 16. The van der Waals surface area contributed by atoms with Gasteiger partial charge in [-0.1, -0.05) is 349 Å². The van der Waals surface area contributed by atoms with Crippen LogP contribution in [0.25, 0.3) is 111 Å². The maximum absolute atomic E-state index is 2.43. The molecule has 16 aromatic rings. The highest BCUT2D eigenvalue weighted by molar-refractivity contribution is 5.93. The largest absolute Gasteiger partial charge is 0.310 e. The fourth-order valence-electron chi connectivity index (χ4n) is 16.7. The van der Waals surface area contributed by atoms with Gasteiger partial charge in [0.25, 0.3) is 0 Å². The molecule has 0 amide bonds. The molecular weight excluding hydrogens is 1340 g/mol. The fourth-order valence-corrected chi connectivity index (χ4v) is 16.7. The van der Waals surface area contributed by atoms with E-state index in [-0.39, 0.29) is 5.41 Å². The van der Waals surface area contributed by atoms with E-state index < -0.39 is 0 Å². The summed E-state index contributed by atoms with van der Waals surface area (Å²) in [5.74, 6) is 0. The predicted molar refractivity (Wildman–Crippen MR) is 476 cm³/mol. The quantitative estimate of drug-likeness (QED) is 0.0845. The zero-order valence-electron chi connectivity index (χ0n) is 65.9. The van der Waals surface area contributed by atoms with Crippen LogP contribution in [0.3, 0.4) is 0 Å². The number of hydrogen-bond donors (Lipinski definition) is 0. The average Bonchev–Trinajstić information content (AvgIpc) is 0.782. The van der Waals surface area contributed by atoms with Crippen molar-refractivity contribution in [2.75, 3.05) is 9.80 Å². The summed E-state index contributed by atoms with van der Waals surface area (Å²) in [6.07, 6.45) is 0. The van der Waals surface area contributed by atoms with Crippen LogP contribution in [-0.4, -0.2) is 0 Å². The molecule has 0 aliphatic carbocycles. The molecule has 16 aromatic carbocycles. The third kappa shape index (κ3) is 15.4. The van der Waals surface area contributed by atoms with Crippen LogP contribution in [0.4, 0.5) is 34.1 Å². The van der Waals surface area contributed by atoms with E-state index in [0.29, 0.717) is 0 Å². The molecule has 0 aliphatic heterocycles. The van der Waals surface area contributed by atoms with E-state index in [1.54, 1.807) is 0 Å². The molecule has 0 bridgehead atoms. The molecule has 0 aliphatic rings. The summed E-state index contributed by atoms with van der Waals surface area (Å²) in [5, 5.41) is 0. The van der Waals surface area contributed by atoms with Crippen molar-refractivity contribution in [2.45, 2.75) is 88.5 Å². The zero-order valence-corrected chi connectivity index (χ0v) is 65.9. The van der Waals surface area contributed by atoms with Gasteiger partial charge in [0.05, 0.1) is 0 Å². The molecule has 2 heteroatoms. The summed E-state index contributed by atoms with van der Waals surface area (Å²) < 4.78 is 0. The molecule has 0 aromatic heterocycles. The molecule has 0 saturated heterocycles. The SMILES string of the molecule is Cc1cc(C)cc(-c2ccc(C)cc2-c2cccc(N(c3ccc(-c4ccc(C(C)(C)c5ccc(-c6ccc(N(c7cccc(-c8cc(C)ccc8-c8cc(C)cc(C)c8)c7)c7cccc(-c8cc(C)ccc8-c8cc(C)cc(C)c8)c7)cc6)cc5)cc4)cc3)c3cccc(-c4cc(C)ccc4-c4ccccc4)c3)c2)c1. The van der Waals surface area contributed by atoms with Gasteiger partial charge >= 0.3 is 0 Å². The van der Waals surface area contributed by atoms with Gasteiger partial charge in [-0.05, 0) is 264 Å². The van der Waals surface area contributed by atoms with E-state index in [4.69, 9.17) is 0 Å². The average molecular weight is 1430 g/mol. The highest BCUT2D eigenvalue weighted by Gasteiger charge is 2.25. The minimum Gasteiger partial charge on any atom is -0.310 e. The maximum Gasteiger partial charge on any atom is 0.0467 e. The third-order valence-electron chi connectivity index (χ3n) is 22.2. The van der Waals surface area contributed by atoms with Crippen molar-refractivity contribution >= 4 is 34.1 Å². The number of anilines is 6. The number of aryl methyl sites for hydroxylation is 10. The van der Waals surface area contributed by atoms with Gasteiger partial charge in [-0.2, -0.15) is 0 Å². The highest BCUT2D eigenvalue weighted by Crippen LogP contribution is 2.47. The Balaban J connectivity index is 0.697. The first-order chi connectivity index (χ1) is 53.8. The standard InChI is InChI=1S/C109H94N2/c1-71-30-50-101(85-20-14-13-15-21-85)105(63-71)86-22-16-26-97(67-86)110(98-27-17-23-87(68-98)106-64-72(2)31-51-102(106)90-57-75(5)54-76(6)58-90)95-46-38-83(39-47-95)81-34-42-93(43-35-81)109(11,12)94-44-36-82(37-45-94)84-40-48-96(49-41-84)111(99-28-18-24-88(69-99)107-65-73(3)32-52-103(107)91-59-77(7)55-78(8)60-91)100-29-19-25-89(70-100)108-66-74(4)33-53-104(108)92-61-79(9)56-80(10)62-92/h13-70H,1-12H3. The van der Waals surface area contributed by atoms with E-state index in [9.17, 15) is 0 Å². The minimum absolute atomic E-state index is 0.271. The van der Waals surface area contributed by atoms with Gasteiger partial charge in [-0.25, -0.2) is 0 Å². The Hall–Kier alpha value is -12.9. The summed E-state index contributed by atoms with van der Waals surface area (Å²) in [4.78, 5) is 4.85. The summed E-state index contributed by atoms with van der Waals surface area (Å²) in [5.41, 5.74) is 45.1.